The first-order valence-corrected chi connectivity index (χ1v) is 19.7. The maximum absolute atomic E-state index is 10.9. The van der Waals surface area contributed by atoms with E-state index < -0.39 is 14.1 Å². The summed E-state index contributed by atoms with van der Waals surface area (Å²) >= 11 is 0. The highest BCUT2D eigenvalue weighted by atomic mass is 33.1. The molecule has 1 N–H and O–H groups in total. The first-order chi connectivity index (χ1) is 22.6. The summed E-state index contributed by atoms with van der Waals surface area (Å²) in [7, 11) is 5.30. The van der Waals surface area contributed by atoms with Gasteiger partial charge in [0.05, 0.1) is 26.9 Å². The zero-order valence-electron chi connectivity index (χ0n) is 28.8. The molecular formula is C37H51N2O5PS2. The summed E-state index contributed by atoms with van der Waals surface area (Å²) in [5.41, 5.74) is 1.98. The van der Waals surface area contributed by atoms with Crippen molar-refractivity contribution in [3.63, 3.8) is 0 Å². The second kappa shape index (κ2) is 19.7. The molecule has 0 spiro atoms. The SMILES string of the molecule is COc1ccc(C(OCCCSSC(C)CCOP(O)N(C(C)C)C(C)(C)CCC#N)(c2ccccc2)c2ccc(OC)cc2)cc1. The van der Waals surface area contributed by atoms with Crippen LogP contribution in [0.2, 0.25) is 0 Å². The summed E-state index contributed by atoms with van der Waals surface area (Å²) in [5.74, 6) is 2.53. The molecule has 0 amide bonds. The van der Waals surface area contributed by atoms with Crippen molar-refractivity contribution >= 4 is 30.1 Å². The Balaban J connectivity index is 1.59. The van der Waals surface area contributed by atoms with Crippen molar-refractivity contribution in [3.05, 3.63) is 95.6 Å². The van der Waals surface area contributed by atoms with Gasteiger partial charge in [0, 0.05) is 35.6 Å². The van der Waals surface area contributed by atoms with Gasteiger partial charge in [0.15, 0.2) is 0 Å². The van der Waals surface area contributed by atoms with Crippen molar-refractivity contribution in [2.24, 2.45) is 0 Å². The Hall–Kier alpha value is -2.28. The lowest BCUT2D eigenvalue weighted by atomic mass is 9.80. The Morgan fingerprint density at radius 3 is 1.91 bits per heavy atom. The number of benzene rings is 3. The van der Waals surface area contributed by atoms with Gasteiger partial charge in [-0.1, -0.05) is 83.1 Å². The molecule has 0 aromatic heterocycles. The number of hydrogen-bond acceptors (Lipinski definition) is 9. The predicted octanol–water partition coefficient (Wildman–Crippen LogP) is 9.59. The Morgan fingerprint density at radius 2 is 1.40 bits per heavy atom. The molecule has 3 aromatic carbocycles. The minimum atomic E-state index is -1.74. The van der Waals surface area contributed by atoms with E-state index in [0.717, 1.165) is 46.8 Å². The van der Waals surface area contributed by atoms with Gasteiger partial charge in [0.2, 0.25) is 0 Å². The highest BCUT2D eigenvalue weighted by Gasteiger charge is 2.38. The van der Waals surface area contributed by atoms with Crippen molar-refractivity contribution in [2.75, 3.05) is 33.2 Å². The molecule has 7 nitrogen and oxygen atoms in total. The fraction of sp³-hybridized carbons (Fsp3) is 0.486. The Morgan fingerprint density at radius 1 is 0.851 bits per heavy atom. The minimum Gasteiger partial charge on any atom is -0.497 e. The van der Waals surface area contributed by atoms with Gasteiger partial charge in [0.25, 0.3) is 8.53 Å². The van der Waals surface area contributed by atoms with Crippen LogP contribution in [0, 0.1) is 11.3 Å². The molecular weight excluding hydrogens is 648 g/mol. The van der Waals surface area contributed by atoms with Crippen LogP contribution >= 0.6 is 30.1 Å². The first kappa shape index (κ1) is 39.2. The van der Waals surface area contributed by atoms with Gasteiger partial charge in [0.1, 0.15) is 17.1 Å². The van der Waals surface area contributed by atoms with Gasteiger partial charge in [-0.15, -0.1) is 0 Å². The van der Waals surface area contributed by atoms with Crippen LogP contribution in [0.25, 0.3) is 0 Å². The van der Waals surface area contributed by atoms with Gasteiger partial charge in [-0.25, -0.2) is 4.67 Å². The molecule has 2 atom stereocenters. The molecule has 47 heavy (non-hydrogen) atoms. The monoisotopic (exact) mass is 698 g/mol. The first-order valence-electron chi connectivity index (χ1n) is 16.1. The summed E-state index contributed by atoms with van der Waals surface area (Å²) < 4.78 is 25.8. The fourth-order valence-corrected chi connectivity index (χ4v) is 9.33. The van der Waals surface area contributed by atoms with Crippen molar-refractivity contribution in [1.29, 1.82) is 5.26 Å². The molecule has 0 saturated carbocycles. The van der Waals surface area contributed by atoms with Gasteiger partial charge in [-0.05, 0) is 87.9 Å². The largest absolute Gasteiger partial charge is 0.497 e. The Bertz CT molecular complexity index is 1310. The summed E-state index contributed by atoms with van der Waals surface area (Å²) in [6, 6.07) is 28.9. The molecule has 0 bridgehead atoms. The van der Waals surface area contributed by atoms with Crippen LogP contribution < -0.4 is 9.47 Å². The van der Waals surface area contributed by atoms with E-state index in [1.54, 1.807) is 14.2 Å². The highest BCUT2D eigenvalue weighted by Crippen LogP contribution is 2.46. The van der Waals surface area contributed by atoms with E-state index in [-0.39, 0.29) is 11.6 Å². The molecule has 0 aliphatic carbocycles. The van der Waals surface area contributed by atoms with Crippen molar-refractivity contribution in [2.45, 2.75) is 82.7 Å². The average molecular weight is 699 g/mol. The highest BCUT2D eigenvalue weighted by molar-refractivity contribution is 8.76. The molecule has 0 radical (unpaired) electrons. The van der Waals surface area contributed by atoms with E-state index in [1.807, 2.05) is 68.7 Å². The standard InChI is InChI=1S/C37H51N2O5PS2/c1-29(2)39(36(4,5)24-11-25-38)45(40)44-27-23-30(3)47-46-28-12-26-43-37(31-13-9-8-10-14-31,32-15-19-34(41-6)20-16-32)33-17-21-35(42-7)22-18-33/h8-10,13-22,29-30,40H,11-12,23-24,26-28H2,1-7H3. The number of nitriles is 1. The number of ether oxygens (including phenoxy) is 3. The molecule has 2 unspecified atom stereocenters. The van der Waals surface area contributed by atoms with Crippen LogP contribution in [-0.2, 0) is 14.9 Å². The zero-order valence-corrected chi connectivity index (χ0v) is 31.4. The summed E-state index contributed by atoms with van der Waals surface area (Å²) in [6.07, 6.45) is 2.85. The molecule has 10 heteroatoms. The third-order valence-corrected chi connectivity index (χ3v) is 12.8. The second-order valence-electron chi connectivity index (χ2n) is 12.2. The maximum atomic E-state index is 10.9. The van der Waals surface area contributed by atoms with Gasteiger partial charge in [-0.2, -0.15) is 5.26 Å². The van der Waals surface area contributed by atoms with Crippen LogP contribution in [0.15, 0.2) is 78.9 Å². The van der Waals surface area contributed by atoms with E-state index in [0.29, 0.717) is 31.3 Å². The van der Waals surface area contributed by atoms with E-state index >= 15 is 0 Å². The number of nitrogens with zero attached hydrogens (tertiary/aromatic N) is 2. The fourth-order valence-electron chi connectivity index (χ4n) is 5.60. The third kappa shape index (κ3) is 11.1. The summed E-state index contributed by atoms with van der Waals surface area (Å²) in [4.78, 5) is 10.9. The molecule has 3 aromatic rings. The lowest BCUT2D eigenvalue weighted by molar-refractivity contribution is 0.0137. The molecule has 3 rings (SSSR count). The number of rotatable bonds is 21. The lowest BCUT2D eigenvalue weighted by Crippen LogP contribution is -2.44. The molecule has 0 saturated heterocycles. The predicted molar refractivity (Wildman–Crippen MR) is 198 cm³/mol. The van der Waals surface area contributed by atoms with Gasteiger partial charge >= 0.3 is 0 Å². The van der Waals surface area contributed by atoms with E-state index in [2.05, 4.69) is 77.1 Å². The normalized spacial score (nSPS) is 13.4. The Kier molecular flexibility index (Phi) is 16.4. The lowest BCUT2D eigenvalue weighted by Gasteiger charge is -2.42. The smallest absolute Gasteiger partial charge is 0.256 e. The maximum Gasteiger partial charge on any atom is 0.256 e. The third-order valence-electron chi connectivity index (χ3n) is 7.97. The van der Waals surface area contributed by atoms with Gasteiger partial charge < -0.3 is 23.6 Å². The minimum absolute atomic E-state index is 0.111. The van der Waals surface area contributed by atoms with Crippen LogP contribution in [-0.4, -0.2) is 59.6 Å². The molecule has 256 valence electrons. The van der Waals surface area contributed by atoms with Crippen molar-refractivity contribution in [1.82, 2.24) is 4.67 Å². The summed E-state index contributed by atoms with van der Waals surface area (Å²) in [6.45, 7) is 11.5. The summed E-state index contributed by atoms with van der Waals surface area (Å²) in [5, 5.41) is 9.41. The van der Waals surface area contributed by atoms with Crippen LogP contribution in [0.1, 0.15) is 77.0 Å². The molecule has 0 aliphatic heterocycles. The van der Waals surface area contributed by atoms with E-state index in [9.17, 15) is 4.89 Å². The van der Waals surface area contributed by atoms with Crippen molar-refractivity contribution < 1.29 is 23.6 Å². The van der Waals surface area contributed by atoms with Crippen LogP contribution in [0.4, 0.5) is 0 Å². The quantitative estimate of drug-likeness (QED) is 0.0506. The van der Waals surface area contributed by atoms with E-state index in [4.69, 9.17) is 24.0 Å². The van der Waals surface area contributed by atoms with Crippen LogP contribution in [0.5, 0.6) is 11.5 Å². The molecule has 0 aliphatic rings. The molecule has 0 fully saturated rings. The van der Waals surface area contributed by atoms with Crippen molar-refractivity contribution in [3.8, 4) is 17.6 Å². The number of methoxy groups -OCH3 is 2. The number of hydrogen-bond donors (Lipinski definition) is 1. The molecule has 0 heterocycles. The topological polar surface area (TPSA) is 84.2 Å². The Labute approximate surface area is 291 Å². The second-order valence-corrected chi connectivity index (χ2v) is 16.3. The average Bonchev–Trinajstić information content (AvgIpc) is 3.07. The zero-order chi connectivity index (χ0) is 34.3. The van der Waals surface area contributed by atoms with Gasteiger partial charge in [-0.3, -0.25) is 0 Å². The van der Waals surface area contributed by atoms with E-state index in [1.165, 1.54) is 0 Å². The van der Waals surface area contributed by atoms with Crippen LogP contribution in [0.3, 0.4) is 0 Å².